The normalized spacial score (nSPS) is 11.4. The number of fused-ring (bicyclic) bond motifs is 12. The fourth-order valence-corrected chi connectivity index (χ4v) is 6.12. The van der Waals surface area contributed by atoms with Gasteiger partial charge in [-0.2, -0.15) is 0 Å². The van der Waals surface area contributed by atoms with E-state index >= 15 is 0 Å². The summed E-state index contributed by atoms with van der Waals surface area (Å²) in [4.78, 5) is 0. The molecule has 0 fully saturated rings. The molecule has 40 heavy (non-hydrogen) atoms. The molecule has 192 valence electrons. The zero-order chi connectivity index (χ0) is 27.4. The van der Waals surface area contributed by atoms with E-state index in [1.165, 1.54) is 0 Å². The third-order valence-corrected chi connectivity index (χ3v) is 7.99. The summed E-state index contributed by atoms with van der Waals surface area (Å²) in [6.45, 7) is 0. The molecule has 4 nitrogen and oxygen atoms in total. The van der Waals surface area contributed by atoms with Gasteiger partial charge in [0.15, 0.2) is 0 Å². The molecule has 8 N–H and O–H groups in total. The van der Waals surface area contributed by atoms with E-state index in [2.05, 4.69) is 109 Å². The number of rotatable bonds is 0. The molecule has 0 aromatic heterocycles. The van der Waals surface area contributed by atoms with E-state index in [9.17, 15) is 0 Å². The van der Waals surface area contributed by atoms with Crippen LogP contribution in [-0.2, 0) is 0 Å². The summed E-state index contributed by atoms with van der Waals surface area (Å²) < 4.78 is 0. The van der Waals surface area contributed by atoms with E-state index in [1.54, 1.807) is 0 Å². The number of hydrogen-bond acceptors (Lipinski definition) is 4. The van der Waals surface area contributed by atoms with Gasteiger partial charge in [-0.15, -0.1) is 0 Å². The summed E-state index contributed by atoms with van der Waals surface area (Å²) in [5.41, 5.74) is 40.5. The van der Waals surface area contributed by atoms with Crippen LogP contribution in [0.1, 0.15) is 0 Å². The second kappa shape index (κ2) is 9.07. The first-order valence-corrected chi connectivity index (χ1v) is 13.3. The second-order valence-electron chi connectivity index (χ2n) is 10.1. The molecule has 1 aliphatic rings. The highest BCUT2D eigenvalue weighted by Crippen LogP contribution is 2.53. The van der Waals surface area contributed by atoms with Crippen molar-refractivity contribution < 1.29 is 0 Å². The van der Waals surface area contributed by atoms with Crippen LogP contribution in [0.15, 0.2) is 121 Å². The second-order valence-corrected chi connectivity index (χ2v) is 10.1. The van der Waals surface area contributed by atoms with Gasteiger partial charge in [-0.3, -0.25) is 0 Å². The first kappa shape index (κ1) is 23.6. The highest BCUT2D eigenvalue weighted by Gasteiger charge is 2.26. The Labute approximate surface area is 233 Å². The molecule has 0 atom stereocenters. The van der Waals surface area contributed by atoms with Crippen LogP contribution in [0, 0.1) is 0 Å². The minimum absolute atomic E-state index is 0.301. The lowest BCUT2D eigenvalue weighted by Gasteiger charge is -2.25. The SMILES string of the molecule is Nc1c(N)c(N)c2c(c1N)-c1ccccc1-c1ccccc1-c1ccccc1-c1ccccc1-c1ccccc1-2. The number of anilines is 4. The lowest BCUT2D eigenvalue weighted by atomic mass is 9.80. The molecular weight excluding hydrogens is 488 g/mol. The number of nitrogens with two attached hydrogens (primary N) is 4. The highest BCUT2D eigenvalue weighted by atomic mass is 14.8. The molecule has 0 saturated carbocycles. The van der Waals surface area contributed by atoms with Crippen LogP contribution in [0.25, 0.3) is 66.8 Å². The summed E-state index contributed by atoms with van der Waals surface area (Å²) in [6.07, 6.45) is 0. The molecule has 4 heteroatoms. The smallest absolute Gasteiger partial charge is 0.0809 e. The summed E-state index contributed by atoms with van der Waals surface area (Å²) >= 11 is 0. The molecule has 0 saturated heterocycles. The van der Waals surface area contributed by atoms with Crippen LogP contribution in [0.3, 0.4) is 0 Å². The van der Waals surface area contributed by atoms with Crippen LogP contribution in [0.4, 0.5) is 22.7 Å². The minimum Gasteiger partial charge on any atom is -0.396 e. The summed E-state index contributed by atoms with van der Waals surface area (Å²) in [5, 5.41) is 0. The lowest BCUT2D eigenvalue weighted by molar-refractivity contribution is 1.52. The Kier molecular flexibility index (Phi) is 5.36. The van der Waals surface area contributed by atoms with E-state index in [0.717, 1.165) is 66.8 Å². The minimum atomic E-state index is 0.301. The van der Waals surface area contributed by atoms with Gasteiger partial charge in [-0.05, 0) is 55.6 Å². The van der Waals surface area contributed by atoms with Gasteiger partial charge in [0.25, 0.3) is 0 Å². The Hall–Kier alpha value is -5.48. The van der Waals surface area contributed by atoms with Crippen LogP contribution < -0.4 is 22.9 Å². The molecule has 7 rings (SSSR count). The van der Waals surface area contributed by atoms with Crippen LogP contribution >= 0.6 is 0 Å². The number of hydrogen-bond donors (Lipinski definition) is 4. The molecular formula is C36H28N4. The Bertz CT molecular complexity index is 1810. The van der Waals surface area contributed by atoms with E-state index in [0.29, 0.717) is 22.7 Å². The summed E-state index contributed by atoms with van der Waals surface area (Å²) in [6, 6.07) is 42.2. The average Bonchev–Trinajstić information content (AvgIpc) is 3.01. The lowest BCUT2D eigenvalue weighted by Crippen LogP contribution is -2.09. The topological polar surface area (TPSA) is 104 Å². The fraction of sp³-hybridized carbons (Fsp3) is 0. The number of nitrogen functional groups attached to an aromatic ring is 4. The maximum Gasteiger partial charge on any atom is 0.0809 e. The first-order chi connectivity index (χ1) is 19.6. The number of benzene rings is 6. The van der Waals surface area contributed by atoms with Gasteiger partial charge in [0.05, 0.1) is 22.7 Å². The summed E-state index contributed by atoms with van der Waals surface area (Å²) in [7, 11) is 0. The van der Waals surface area contributed by atoms with E-state index in [1.807, 2.05) is 12.1 Å². The van der Waals surface area contributed by atoms with E-state index in [4.69, 9.17) is 22.9 Å². The predicted molar refractivity (Wildman–Crippen MR) is 170 cm³/mol. The van der Waals surface area contributed by atoms with Crippen molar-refractivity contribution in [3.8, 4) is 66.8 Å². The zero-order valence-electron chi connectivity index (χ0n) is 21.9. The molecule has 0 amide bonds. The quantitative estimate of drug-likeness (QED) is 0.152. The van der Waals surface area contributed by atoms with Crippen molar-refractivity contribution in [2.24, 2.45) is 0 Å². The Morgan fingerprint density at radius 3 is 0.625 bits per heavy atom. The van der Waals surface area contributed by atoms with Crippen molar-refractivity contribution in [1.82, 2.24) is 0 Å². The average molecular weight is 517 g/mol. The molecule has 0 spiro atoms. The zero-order valence-corrected chi connectivity index (χ0v) is 21.9. The van der Waals surface area contributed by atoms with Crippen molar-refractivity contribution in [2.75, 3.05) is 22.9 Å². The Balaban J connectivity index is 1.76. The van der Waals surface area contributed by atoms with Gasteiger partial charge in [0, 0.05) is 11.1 Å². The monoisotopic (exact) mass is 516 g/mol. The highest BCUT2D eigenvalue weighted by molar-refractivity contribution is 6.13. The van der Waals surface area contributed by atoms with Crippen molar-refractivity contribution in [3.05, 3.63) is 121 Å². The molecule has 1 aliphatic carbocycles. The van der Waals surface area contributed by atoms with Crippen molar-refractivity contribution in [2.45, 2.75) is 0 Å². The fourth-order valence-electron chi connectivity index (χ4n) is 6.12. The molecule has 6 aromatic rings. The molecule has 0 aliphatic heterocycles. The first-order valence-electron chi connectivity index (χ1n) is 13.3. The Morgan fingerprint density at radius 1 is 0.225 bits per heavy atom. The van der Waals surface area contributed by atoms with Crippen LogP contribution in [-0.4, -0.2) is 0 Å². The van der Waals surface area contributed by atoms with Crippen molar-refractivity contribution in [3.63, 3.8) is 0 Å². The van der Waals surface area contributed by atoms with Gasteiger partial charge in [0.1, 0.15) is 0 Å². The Morgan fingerprint density at radius 2 is 0.400 bits per heavy atom. The molecule has 6 aromatic carbocycles. The predicted octanol–water partition coefficient (Wildman–Crippen LogP) is 8.33. The third kappa shape index (κ3) is 3.40. The largest absolute Gasteiger partial charge is 0.396 e. The van der Waals surface area contributed by atoms with Crippen LogP contribution in [0.2, 0.25) is 0 Å². The molecule has 0 heterocycles. The van der Waals surface area contributed by atoms with E-state index < -0.39 is 0 Å². The third-order valence-electron chi connectivity index (χ3n) is 7.99. The molecule has 0 radical (unpaired) electrons. The molecule has 0 unspecified atom stereocenters. The van der Waals surface area contributed by atoms with Gasteiger partial charge in [-0.1, -0.05) is 121 Å². The van der Waals surface area contributed by atoms with E-state index in [-0.39, 0.29) is 0 Å². The van der Waals surface area contributed by atoms with Crippen molar-refractivity contribution in [1.29, 1.82) is 0 Å². The maximum atomic E-state index is 6.86. The van der Waals surface area contributed by atoms with Gasteiger partial charge < -0.3 is 22.9 Å². The van der Waals surface area contributed by atoms with Gasteiger partial charge >= 0.3 is 0 Å². The molecule has 0 bridgehead atoms. The summed E-state index contributed by atoms with van der Waals surface area (Å²) in [5.74, 6) is 0. The van der Waals surface area contributed by atoms with Gasteiger partial charge in [0.2, 0.25) is 0 Å². The maximum absolute atomic E-state index is 6.86. The van der Waals surface area contributed by atoms with Crippen LogP contribution in [0.5, 0.6) is 0 Å². The van der Waals surface area contributed by atoms with Gasteiger partial charge in [-0.25, -0.2) is 0 Å². The standard InChI is InChI=1S/C36H28N4/c37-33-31-29-19-9-7-17-27(29)25-15-5-3-13-23(25)21-11-1-2-12-22(21)24-14-4-6-16-26(24)28-18-8-10-20-30(28)32(31)34(38)36(40)35(33)39/h1-20H,37-40H2. The van der Waals surface area contributed by atoms with Crippen molar-refractivity contribution >= 4 is 22.7 Å².